The van der Waals surface area contributed by atoms with Crippen LogP contribution in [-0.4, -0.2) is 25.2 Å². The van der Waals surface area contributed by atoms with Crippen LogP contribution in [0, 0.1) is 0 Å². The van der Waals surface area contributed by atoms with Gasteiger partial charge in [-0.15, -0.1) is 0 Å². The number of nitrogens with one attached hydrogen (secondary N) is 1. The molecule has 0 bridgehead atoms. The molecule has 0 saturated carbocycles. The third-order valence-corrected chi connectivity index (χ3v) is 1.66. The molecule has 0 atom stereocenters. The van der Waals surface area contributed by atoms with Crippen LogP contribution < -0.4 is 14.8 Å². The highest BCUT2D eigenvalue weighted by molar-refractivity contribution is 5.45. The first-order valence-corrected chi connectivity index (χ1v) is 4.52. The van der Waals surface area contributed by atoms with Crippen molar-refractivity contribution in [3.63, 3.8) is 0 Å². The summed E-state index contributed by atoms with van der Waals surface area (Å²) in [5, 5.41) is 3.18. The van der Waals surface area contributed by atoms with Crippen LogP contribution in [0.25, 0.3) is 0 Å². The number of hydrogen-bond acceptors (Lipinski definition) is 4. The number of ether oxygens (including phenoxy) is 2. The summed E-state index contributed by atoms with van der Waals surface area (Å²) in [6, 6.07) is 3.91. The quantitative estimate of drug-likeness (QED) is 0.799. The van der Waals surface area contributed by atoms with E-state index in [2.05, 4.69) is 10.3 Å². The molecular formula is C10H16N2O2. The summed E-state index contributed by atoms with van der Waals surface area (Å²) in [7, 11) is 3.20. The monoisotopic (exact) mass is 196 g/mol. The second-order valence-corrected chi connectivity index (χ2v) is 3.23. The highest BCUT2D eigenvalue weighted by atomic mass is 16.5. The normalized spacial score (nSPS) is 10.1. The van der Waals surface area contributed by atoms with Crippen LogP contribution in [0.1, 0.15) is 13.8 Å². The lowest BCUT2D eigenvalue weighted by atomic mass is 10.3. The van der Waals surface area contributed by atoms with Gasteiger partial charge in [-0.3, -0.25) is 0 Å². The Hall–Kier alpha value is -1.45. The van der Waals surface area contributed by atoms with Gasteiger partial charge in [0.2, 0.25) is 5.88 Å². The Kier molecular flexibility index (Phi) is 3.56. The van der Waals surface area contributed by atoms with Crippen LogP contribution in [0.15, 0.2) is 12.1 Å². The summed E-state index contributed by atoms with van der Waals surface area (Å²) in [6.07, 6.45) is 0. The molecule has 1 aromatic heterocycles. The van der Waals surface area contributed by atoms with E-state index in [1.165, 1.54) is 0 Å². The molecule has 1 rings (SSSR count). The average molecular weight is 196 g/mol. The van der Waals surface area contributed by atoms with Crippen LogP contribution in [-0.2, 0) is 0 Å². The van der Waals surface area contributed by atoms with Gasteiger partial charge in [0.25, 0.3) is 0 Å². The van der Waals surface area contributed by atoms with Gasteiger partial charge < -0.3 is 14.8 Å². The van der Waals surface area contributed by atoms with E-state index in [9.17, 15) is 0 Å². The molecule has 0 aromatic carbocycles. The van der Waals surface area contributed by atoms with Crippen molar-refractivity contribution in [2.24, 2.45) is 0 Å². The Labute approximate surface area is 84.3 Å². The van der Waals surface area contributed by atoms with Gasteiger partial charge in [-0.05, 0) is 13.8 Å². The maximum Gasteiger partial charge on any atom is 0.218 e. The van der Waals surface area contributed by atoms with Crippen molar-refractivity contribution in [1.82, 2.24) is 4.98 Å². The number of rotatable bonds is 4. The third-order valence-electron chi connectivity index (χ3n) is 1.66. The standard InChI is InChI=1S/C10H16N2O2/c1-7(2)11-9-5-8(13-3)6-10(12-9)14-4/h5-7H,1-4H3,(H,11,12). The fourth-order valence-corrected chi connectivity index (χ4v) is 1.07. The number of aromatic nitrogens is 1. The van der Waals surface area contributed by atoms with E-state index in [0.29, 0.717) is 11.9 Å². The molecular weight excluding hydrogens is 180 g/mol. The molecule has 0 fully saturated rings. The summed E-state index contributed by atoms with van der Waals surface area (Å²) in [5.74, 6) is 2.05. The molecule has 1 heterocycles. The van der Waals surface area contributed by atoms with Gasteiger partial charge in [0.05, 0.1) is 14.2 Å². The van der Waals surface area contributed by atoms with Gasteiger partial charge in [-0.2, -0.15) is 4.98 Å². The van der Waals surface area contributed by atoms with Crippen LogP contribution in [0.5, 0.6) is 11.6 Å². The van der Waals surface area contributed by atoms with Gasteiger partial charge in [0, 0.05) is 18.2 Å². The smallest absolute Gasteiger partial charge is 0.218 e. The van der Waals surface area contributed by atoms with Gasteiger partial charge in [-0.1, -0.05) is 0 Å². The minimum absolute atomic E-state index is 0.333. The lowest BCUT2D eigenvalue weighted by Gasteiger charge is -2.11. The van der Waals surface area contributed by atoms with E-state index in [1.807, 2.05) is 19.9 Å². The Morgan fingerprint density at radius 1 is 1.21 bits per heavy atom. The Morgan fingerprint density at radius 3 is 2.43 bits per heavy atom. The molecule has 78 valence electrons. The highest BCUT2D eigenvalue weighted by Gasteiger charge is 2.03. The fraction of sp³-hybridized carbons (Fsp3) is 0.500. The maximum absolute atomic E-state index is 5.12. The topological polar surface area (TPSA) is 43.4 Å². The molecule has 0 aliphatic heterocycles. The van der Waals surface area contributed by atoms with Crippen LogP contribution in [0.4, 0.5) is 5.82 Å². The van der Waals surface area contributed by atoms with Crippen molar-refractivity contribution in [2.75, 3.05) is 19.5 Å². The molecule has 0 spiro atoms. The molecule has 14 heavy (non-hydrogen) atoms. The molecule has 1 N–H and O–H groups in total. The van der Waals surface area contributed by atoms with Crippen molar-refractivity contribution in [1.29, 1.82) is 0 Å². The summed E-state index contributed by atoms with van der Waals surface area (Å²) in [5.41, 5.74) is 0. The molecule has 0 aliphatic rings. The van der Waals surface area contributed by atoms with Gasteiger partial charge in [-0.25, -0.2) is 0 Å². The lowest BCUT2D eigenvalue weighted by molar-refractivity contribution is 0.383. The molecule has 0 radical (unpaired) electrons. The van der Waals surface area contributed by atoms with E-state index >= 15 is 0 Å². The first-order chi connectivity index (χ1) is 6.65. The third kappa shape index (κ3) is 2.80. The Bertz CT molecular complexity index is 278. The molecule has 4 heteroatoms. The molecule has 1 aromatic rings. The number of methoxy groups -OCH3 is 2. The van der Waals surface area contributed by atoms with Crippen LogP contribution in [0.2, 0.25) is 0 Å². The van der Waals surface area contributed by atoms with Gasteiger partial charge in [0.1, 0.15) is 11.6 Å². The molecule has 0 unspecified atom stereocenters. The van der Waals surface area contributed by atoms with Gasteiger partial charge >= 0.3 is 0 Å². The lowest BCUT2D eigenvalue weighted by Crippen LogP contribution is -2.11. The zero-order chi connectivity index (χ0) is 10.6. The first-order valence-electron chi connectivity index (χ1n) is 4.52. The Balaban J connectivity index is 2.92. The summed E-state index contributed by atoms with van der Waals surface area (Å²) < 4.78 is 10.2. The van der Waals surface area contributed by atoms with E-state index in [1.54, 1.807) is 20.3 Å². The van der Waals surface area contributed by atoms with Gasteiger partial charge in [0.15, 0.2) is 0 Å². The number of anilines is 1. The number of nitrogens with zero attached hydrogens (tertiary/aromatic N) is 1. The predicted octanol–water partition coefficient (Wildman–Crippen LogP) is 1.92. The SMILES string of the molecule is COc1cc(NC(C)C)nc(OC)c1. The first kappa shape index (κ1) is 10.6. The zero-order valence-electron chi connectivity index (χ0n) is 9.00. The number of pyridine rings is 1. The second kappa shape index (κ2) is 4.69. The molecule has 0 aliphatic carbocycles. The molecule has 0 amide bonds. The minimum atomic E-state index is 0.333. The van der Waals surface area contributed by atoms with Crippen molar-refractivity contribution in [3.8, 4) is 11.6 Å². The van der Waals surface area contributed by atoms with E-state index < -0.39 is 0 Å². The van der Waals surface area contributed by atoms with E-state index in [-0.39, 0.29) is 0 Å². The van der Waals surface area contributed by atoms with Crippen molar-refractivity contribution < 1.29 is 9.47 Å². The van der Waals surface area contributed by atoms with Crippen molar-refractivity contribution in [3.05, 3.63) is 12.1 Å². The average Bonchev–Trinajstić information content (AvgIpc) is 2.16. The fourth-order valence-electron chi connectivity index (χ4n) is 1.07. The number of hydrogen-bond donors (Lipinski definition) is 1. The molecule has 4 nitrogen and oxygen atoms in total. The highest BCUT2D eigenvalue weighted by Crippen LogP contribution is 2.21. The summed E-state index contributed by atoms with van der Waals surface area (Å²) >= 11 is 0. The molecule has 0 saturated heterocycles. The maximum atomic E-state index is 5.12. The second-order valence-electron chi connectivity index (χ2n) is 3.23. The minimum Gasteiger partial charge on any atom is -0.496 e. The van der Waals surface area contributed by atoms with Crippen LogP contribution >= 0.6 is 0 Å². The Morgan fingerprint density at radius 2 is 1.93 bits per heavy atom. The predicted molar refractivity (Wildman–Crippen MR) is 56.1 cm³/mol. The summed E-state index contributed by atoms with van der Waals surface area (Å²) in [4.78, 5) is 4.23. The van der Waals surface area contributed by atoms with Crippen molar-refractivity contribution >= 4 is 5.82 Å². The van der Waals surface area contributed by atoms with Crippen molar-refractivity contribution in [2.45, 2.75) is 19.9 Å². The zero-order valence-corrected chi connectivity index (χ0v) is 9.00. The van der Waals surface area contributed by atoms with Crippen LogP contribution in [0.3, 0.4) is 0 Å². The summed E-state index contributed by atoms with van der Waals surface area (Å²) in [6.45, 7) is 4.10. The largest absolute Gasteiger partial charge is 0.496 e. The van der Waals surface area contributed by atoms with E-state index in [0.717, 1.165) is 11.6 Å². The van der Waals surface area contributed by atoms with E-state index in [4.69, 9.17) is 9.47 Å².